The van der Waals surface area contributed by atoms with Crippen LogP contribution in [0.15, 0.2) is 35.2 Å². The summed E-state index contributed by atoms with van der Waals surface area (Å²) >= 11 is 0. The minimum absolute atomic E-state index is 0.335. The van der Waals surface area contributed by atoms with Gasteiger partial charge in [0.2, 0.25) is 0 Å². The lowest BCUT2D eigenvalue weighted by Crippen LogP contribution is -2.01. The Kier molecular flexibility index (Phi) is 2.10. The van der Waals surface area contributed by atoms with E-state index in [1.54, 1.807) is 25.4 Å². The van der Waals surface area contributed by atoms with E-state index in [4.69, 9.17) is 4.74 Å². The molecule has 0 unspecified atom stereocenters. The maximum absolute atomic E-state index is 11.2. The van der Waals surface area contributed by atoms with Gasteiger partial charge in [-0.15, -0.1) is 0 Å². The number of aromatic nitrogens is 1. The van der Waals surface area contributed by atoms with Crippen LogP contribution in [0.1, 0.15) is 12.5 Å². The lowest BCUT2D eigenvalue weighted by Gasteiger charge is -1.89. The predicted molar refractivity (Wildman–Crippen MR) is 50.2 cm³/mol. The average Bonchev–Trinajstić information content (AvgIpc) is 2.47. The van der Waals surface area contributed by atoms with Crippen LogP contribution in [0.5, 0.6) is 0 Å². The van der Waals surface area contributed by atoms with E-state index in [9.17, 15) is 4.79 Å². The highest BCUT2D eigenvalue weighted by Crippen LogP contribution is 2.13. The molecule has 0 radical (unpaired) electrons. The number of nitrogens with one attached hydrogen (secondary N) is 1. The number of ether oxygens (including phenoxy) is 1. The minimum Gasteiger partial charge on any atom is -0.407 e. The van der Waals surface area contributed by atoms with Crippen LogP contribution in [0.25, 0.3) is 6.08 Å². The van der Waals surface area contributed by atoms with E-state index in [-0.39, 0.29) is 0 Å². The molecule has 1 aromatic heterocycles. The van der Waals surface area contributed by atoms with E-state index in [0.29, 0.717) is 11.6 Å². The summed E-state index contributed by atoms with van der Waals surface area (Å²) in [7, 11) is 0. The molecule has 0 spiro atoms. The summed E-state index contributed by atoms with van der Waals surface area (Å²) in [5.74, 6) is -0.00693. The third-order valence-electron chi connectivity index (χ3n) is 1.76. The largest absolute Gasteiger partial charge is 0.407 e. The fourth-order valence-electron chi connectivity index (χ4n) is 1.17. The minimum atomic E-state index is -0.397. The molecule has 1 aliphatic rings. The lowest BCUT2D eigenvalue weighted by molar-refractivity contribution is -0.378. The second kappa shape index (κ2) is 3.41. The topological polar surface area (TPSA) is 52.8 Å². The fraction of sp³-hybridized carbons (Fsp3) is 0.100. The normalized spacial score (nSPS) is 18.2. The number of carbonyl (C=O) groups excluding carboxylic acids is 1. The van der Waals surface area contributed by atoms with Crippen molar-refractivity contribution in [1.82, 2.24) is 0 Å². The van der Waals surface area contributed by atoms with Gasteiger partial charge in [-0.1, -0.05) is 0 Å². The maximum Gasteiger partial charge on any atom is 0.363 e. The third-order valence-corrected chi connectivity index (χ3v) is 1.76. The summed E-state index contributed by atoms with van der Waals surface area (Å²) in [6, 6.07) is 3.73. The fourth-order valence-corrected chi connectivity index (χ4v) is 1.17. The van der Waals surface area contributed by atoms with E-state index in [2.05, 4.69) is 9.98 Å². The summed E-state index contributed by atoms with van der Waals surface area (Å²) in [4.78, 5) is 18.0. The van der Waals surface area contributed by atoms with Gasteiger partial charge < -0.3 is 4.74 Å². The highest BCUT2D eigenvalue weighted by molar-refractivity contribution is 6.06. The predicted octanol–water partition coefficient (Wildman–Crippen LogP) is 0.817. The first-order valence-electron chi connectivity index (χ1n) is 4.21. The van der Waals surface area contributed by atoms with Crippen LogP contribution < -0.4 is 4.98 Å². The lowest BCUT2D eigenvalue weighted by atomic mass is 10.2. The van der Waals surface area contributed by atoms with Crippen LogP contribution in [-0.2, 0) is 9.53 Å². The molecule has 1 aromatic rings. The molecule has 2 heterocycles. The summed E-state index contributed by atoms with van der Waals surface area (Å²) in [5.41, 5.74) is 1.22. The van der Waals surface area contributed by atoms with Crippen molar-refractivity contribution in [3.8, 4) is 0 Å². The average molecular weight is 189 g/mol. The van der Waals surface area contributed by atoms with Crippen LogP contribution in [0.2, 0.25) is 0 Å². The Balaban J connectivity index is 2.32. The van der Waals surface area contributed by atoms with E-state index in [1.165, 1.54) is 0 Å². The number of aliphatic imine (C=N–C) groups is 1. The van der Waals surface area contributed by atoms with Gasteiger partial charge in [0.1, 0.15) is 0 Å². The summed E-state index contributed by atoms with van der Waals surface area (Å²) < 4.78 is 4.78. The van der Waals surface area contributed by atoms with Crippen molar-refractivity contribution in [2.45, 2.75) is 6.92 Å². The molecule has 0 saturated heterocycles. The molecule has 14 heavy (non-hydrogen) atoms. The van der Waals surface area contributed by atoms with Gasteiger partial charge in [-0.3, -0.25) is 0 Å². The molecule has 0 saturated carbocycles. The SMILES string of the molecule is CC1=NC(=Cc2ccc[nH+]c2)C(=O)O1. The zero-order valence-corrected chi connectivity index (χ0v) is 7.65. The van der Waals surface area contributed by atoms with Crippen molar-refractivity contribution < 1.29 is 14.5 Å². The van der Waals surface area contributed by atoms with Crippen LogP contribution >= 0.6 is 0 Å². The van der Waals surface area contributed by atoms with Crippen LogP contribution in [0.3, 0.4) is 0 Å². The molecule has 0 amide bonds. The van der Waals surface area contributed by atoms with Gasteiger partial charge in [-0.05, 0) is 12.1 Å². The number of hydrogen-bond donors (Lipinski definition) is 0. The quantitative estimate of drug-likeness (QED) is 0.485. The van der Waals surface area contributed by atoms with Crippen molar-refractivity contribution in [3.63, 3.8) is 0 Å². The first-order chi connectivity index (χ1) is 6.75. The van der Waals surface area contributed by atoms with Gasteiger partial charge in [0.25, 0.3) is 0 Å². The van der Waals surface area contributed by atoms with Crippen LogP contribution in [-0.4, -0.2) is 11.9 Å². The molecule has 0 aliphatic carbocycles. The zero-order chi connectivity index (χ0) is 9.97. The van der Waals surface area contributed by atoms with Crippen LogP contribution in [0, 0.1) is 0 Å². The Morgan fingerprint density at radius 1 is 1.57 bits per heavy atom. The molecular weight excluding hydrogens is 180 g/mol. The molecular formula is C10H9N2O2+. The summed E-state index contributed by atoms with van der Waals surface area (Å²) in [6.45, 7) is 1.65. The number of H-pyrrole nitrogens is 1. The van der Waals surface area contributed by atoms with Crippen molar-refractivity contribution in [1.29, 1.82) is 0 Å². The Morgan fingerprint density at radius 2 is 2.43 bits per heavy atom. The van der Waals surface area contributed by atoms with Gasteiger partial charge in [0, 0.05) is 18.6 Å². The molecule has 4 heteroatoms. The first-order valence-corrected chi connectivity index (χ1v) is 4.21. The van der Waals surface area contributed by atoms with Gasteiger partial charge in [0.05, 0.1) is 0 Å². The number of cyclic esters (lactones) is 1. The van der Waals surface area contributed by atoms with Gasteiger partial charge in [-0.25, -0.2) is 14.8 Å². The molecule has 1 N–H and O–H groups in total. The van der Waals surface area contributed by atoms with Crippen molar-refractivity contribution in [3.05, 3.63) is 35.8 Å². The van der Waals surface area contributed by atoms with Crippen LogP contribution in [0.4, 0.5) is 0 Å². The van der Waals surface area contributed by atoms with E-state index >= 15 is 0 Å². The highest BCUT2D eigenvalue weighted by Gasteiger charge is 2.19. The number of esters is 1. The summed E-state index contributed by atoms with van der Waals surface area (Å²) in [6.07, 6.45) is 5.25. The molecule has 2 rings (SSSR count). The number of nitrogens with zero attached hydrogens (tertiary/aromatic N) is 1. The van der Waals surface area contributed by atoms with Crippen molar-refractivity contribution in [2.75, 3.05) is 0 Å². The monoisotopic (exact) mass is 189 g/mol. The Morgan fingerprint density at radius 3 is 3.00 bits per heavy atom. The molecule has 0 bridgehead atoms. The highest BCUT2D eigenvalue weighted by atomic mass is 16.6. The number of rotatable bonds is 1. The Bertz CT molecular complexity index is 421. The molecule has 4 nitrogen and oxygen atoms in total. The second-order valence-corrected chi connectivity index (χ2v) is 2.89. The van der Waals surface area contributed by atoms with E-state index in [1.807, 2.05) is 12.1 Å². The molecule has 0 aromatic carbocycles. The number of pyridine rings is 1. The number of hydrogen-bond acceptors (Lipinski definition) is 3. The zero-order valence-electron chi connectivity index (χ0n) is 7.65. The smallest absolute Gasteiger partial charge is 0.363 e. The molecule has 0 atom stereocenters. The third kappa shape index (κ3) is 1.69. The Labute approximate surface area is 81.0 Å². The maximum atomic E-state index is 11.2. The van der Waals surface area contributed by atoms with Crippen molar-refractivity contribution in [2.24, 2.45) is 4.99 Å². The van der Waals surface area contributed by atoms with Gasteiger partial charge in [0.15, 0.2) is 24.0 Å². The van der Waals surface area contributed by atoms with Crippen molar-refractivity contribution >= 4 is 17.9 Å². The number of carbonyl (C=O) groups is 1. The van der Waals surface area contributed by atoms with Gasteiger partial charge in [-0.2, -0.15) is 0 Å². The standard InChI is InChI=1S/C10H8N2O2/c1-7-12-9(10(13)14-7)5-8-3-2-4-11-6-8/h2-6H,1H3/p+1. The van der Waals surface area contributed by atoms with E-state index in [0.717, 1.165) is 5.56 Å². The molecule has 1 aliphatic heterocycles. The summed E-state index contributed by atoms with van der Waals surface area (Å²) in [5, 5.41) is 0. The Hall–Kier alpha value is -1.97. The van der Waals surface area contributed by atoms with Gasteiger partial charge >= 0.3 is 5.97 Å². The number of aromatic amines is 1. The second-order valence-electron chi connectivity index (χ2n) is 2.89. The van der Waals surface area contributed by atoms with E-state index < -0.39 is 5.97 Å². The molecule has 70 valence electrons. The first kappa shape index (κ1) is 8.62. The molecule has 0 fully saturated rings.